The van der Waals surface area contributed by atoms with Gasteiger partial charge in [-0.25, -0.2) is 0 Å². The summed E-state index contributed by atoms with van der Waals surface area (Å²) in [5, 5.41) is 45.5. The lowest BCUT2D eigenvalue weighted by molar-refractivity contribution is -0.288. The van der Waals surface area contributed by atoms with Crippen molar-refractivity contribution in [1.82, 2.24) is 0 Å². The summed E-state index contributed by atoms with van der Waals surface area (Å²) in [7, 11) is 0. The summed E-state index contributed by atoms with van der Waals surface area (Å²) in [6.07, 6.45) is -6.82. The highest BCUT2D eigenvalue weighted by Crippen LogP contribution is 2.19. The molecule has 0 bridgehead atoms. The van der Waals surface area contributed by atoms with Gasteiger partial charge in [-0.2, -0.15) is 0 Å². The third-order valence-corrected chi connectivity index (χ3v) is 2.20. The molecule has 0 aromatic heterocycles. The first-order valence-corrected chi connectivity index (χ1v) is 4.64. The molecular formula is C8H16O7. The van der Waals surface area contributed by atoms with Gasteiger partial charge in [0.25, 0.3) is 0 Å². The Morgan fingerprint density at radius 1 is 1.00 bits per heavy atom. The zero-order chi connectivity index (χ0) is 11.4. The zero-order valence-electron chi connectivity index (χ0n) is 8.06. The molecule has 1 aliphatic heterocycles. The van der Waals surface area contributed by atoms with Crippen LogP contribution in [0.4, 0.5) is 0 Å². The van der Waals surface area contributed by atoms with Gasteiger partial charge in [-0.15, -0.1) is 0 Å². The quantitative estimate of drug-likeness (QED) is 0.319. The van der Waals surface area contributed by atoms with Gasteiger partial charge in [0.05, 0.1) is 19.8 Å². The van der Waals surface area contributed by atoms with E-state index in [1.807, 2.05) is 0 Å². The van der Waals surface area contributed by atoms with E-state index in [1.54, 1.807) is 0 Å². The van der Waals surface area contributed by atoms with Crippen molar-refractivity contribution in [2.45, 2.75) is 30.7 Å². The van der Waals surface area contributed by atoms with Gasteiger partial charge in [0.15, 0.2) is 6.29 Å². The van der Waals surface area contributed by atoms with Crippen molar-refractivity contribution in [2.24, 2.45) is 0 Å². The molecule has 1 aliphatic rings. The summed E-state index contributed by atoms with van der Waals surface area (Å²) in [6.45, 7) is -0.180. The number of aliphatic hydroxyl groups is 5. The second-order valence-corrected chi connectivity index (χ2v) is 3.34. The molecular weight excluding hydrogens is 208 g/mol. The van der Waals surface area contributed by atoms with Crippen LogP contribution in [-0.2, 0) is 9.47 Å². The van der Waals surface area contributed by atoms with Crippen LogP contribution < -0.4 is 0 Å². The van der Waals surface area contributed by atoms with E-state index < -0.39 is 30.7 Å². The first kappa shape index (κ1) is 12.8. The highest BCUT2D eigenvalue weighted by molar-refractivity contribution is 4.88. The molecule has 0 amide bonds. The predicted octanol–water partition coefficient (Wildman–Crippen LogP) is -3.20. The van der Waals surface area contributed by atoms with Gasteiger partial charge in [0.1, 0.15) is 24.4 Å². The van der Waals surface area contributed by atoms with Gasteiger partial charge in [0, 0.05) is 0 Å². The normalized spacial score (nSPS) is 41.8. The fraction of sp³-hybridized carbons (Fsp3) is 1.00. The Balaban J connectivity index is 2.43. The number of hydrogen-bond donors (Lipinski definition) is 5. The van der Waals surface area contributed by atoms with Crippen LogP contribution in [0, 0.1) is 0 Å². The average Bonchev–Trinajstić information content (AvgIpc) is 2.23. The van der Waals surface area contributed by atoms with Crippen LogP contribution in [0.3, 0.4) is 0 Å². The standard InChI is InChI=1S/C8H16O7/c9-1-2-14-3-4-5(10)6(11)7(12)8(13)15-4/h4-13H,1-3H2/t4?,5-,6?,7?,8-/m1/s1. The molecule has 1 rings (SSSR count). The Morgan fingerprint density at radius 2 is 1.67 bits per heavy atom. The Morgan fingerprint density at radius 3 is 2.27 bits per heavy atom. The van der Waals surface area contributed by atoms with Gasteiger partial charge in [0.2, 0.25) is 0 Å². The van der Waals surface area contributed by atoms with Crippen LogP contribution in [-0.4, -0.2) is 76.1 Å². The number of rotatable bonds is 4. The van der Waals surface area contributed by atoms with Crippen LogP contribution >= 0.6 is 0 Å². The lowest BCUT2D eigenvalue weighted by Crippen LogP contribution is -2.58. The fourth-order valence-corrected chi connectivity index (χ4v) is 1.33. The monoisotopic (exact) mass is 224 g/mol. The molecule has 0 aromatic rings. The molecule has 0 spiro atoms. The topological polar surface area (TPSA) is 120 Å². The molecule has 0 aliphatic carbocycles. The van der Waals surface area contributed by atoms with Crippen molar-refractivity contribution >= 4 is 0 Å². The van der Waals surface area contributed by atoms with E-state index >= 15 is 0 Å². The maximum atomic E-state index is 9.44. The maximum absolute atomic E-state index is 9.44. The minimum absolute atomic E-state index is 0.0708. The average molecular weight is 224 g/mol. The maximum Gasteiger partial charge on any atom is 0.184 e. The smallest absolute Gasteiger partial charge is 0.184 e. The van der Waals surface area contributed by atoms with E-state index in [-0.39, 0.29) is 19.8 Å². The summed E-state index contributed by atoms with van der Waals surface area (Å²) < 4.78 is 9.70. The van der Waals surface area contributed by atoms with Crippen LogP contribution in [0.2, 0.25) is 0 Å². The highest BCUT2D eigenvalue weighted by atomic mass is 16.6. The summed E-state index contributed by atoms with van der Waals surface area (Å²) in [6, 6.07) is 0. The summed E-state index contributed by atoms with van der Waals surface area (Å²) in [5.74, 6) is 0. The Hall–Kier alpha value is -0.280. The second kappa shape index (κ2) is 5.71. The highest BCUT2D eigenvalue weighted by Gasteiger charge is 2.42. The van der Waals surface area contributed by atoms with Crippen LogP contribution in [0.1, 0.15) is 0 Å². The van der Waals surface area contributed by atoms with E-state index in [1.165, 1.54) is 0 Å². The Labute approximate surface area is 86.5 Å². The molecule has 1 saturated heterocycles. The SMILES string of the molecule is OCCOCC1O[C@@H](O)C(O)C(O)[C@@H]1O. The first-order chi connectivity index (χ1) is 7.07. The molecule has 0 saturated carbocycles. The van der Waals surface area contributed by atoms with Crippen molar-refractivity contribution < 1.29 is 35.0 Å². The third kappa shape index (κ3) is 3.08. The van der Waals surface area contributed by atoms with E-state index in [0.29, 0.717) is 0 Å². The molecule has 5 N–H and O–H groups in total. The van der Waals surface area contributed by atoms with Crippen LogP contribution in [0.25, 0.3) is 0 Å². The molecule has 0 aromatic carbocycles. The lowest BCUT2D eigenvalue weighted by atomic mass is 9.99. The van der Waals surface area contributed by atoms with E-state index in [0.717, 1.165) is 0 Å². The molecule has 7 nitrogen and oxygen atoms in total. The number of aliphatic hydroxyl groups excluding tert-OH is 5. The van der Waals surface area contributed by atoms with Gasteiger partial charge in [-0.1, -0.05) is 0 Å². The second-order valence-electron chi connectivity index (χ2n) is 3.34. The zero-order valence-corrected chi connectivity index (χ0v) is 8.06. The van der Waals surface area contributed by atoms with Crippen molar-refractivity contribution in [3.8, 4) is 0 Å². The van der Waals surface area contributed by atoms with Crippen molar-refractivity contribution in [1.29, 1.82) is 0 Å². The molecule has 1 fully saturated rings. The van der Waals surface area contributed by atoms with Crippen LogP contribution in [0.5, 0.6) is 0 Å². The van der Waals surface area contributed by atoms with Gasteiger partial charge >= 0.3 is 0 Å². The number of ether oxygens (including phenoxy) is 2. The van der Waals surface area contributed by atoms with E-state index in [9.17, 15) is 10.2 Å². The van der Waals surface area contributed by atoms with E-state index in [4.69, 9.17) is 24.8 Å². The summed E-state index contributed by atoms with van der Waals surface area (Å²) in [4.78, 5) is 0. The minimum atomic E-state index is -1.55. The summed E-state index contributed by atoms with van der Waals surface area (Å²) >= 11 is 0. The lowest BCUT2D eigenvalue weighted by Gasteiger charge is -2.38. The molecule has 7 heteroatoms. The van der Waals surface area contributed by atoms with Crippen molar-refractivity contribution in [2.75, 3.05) is 19.8 Å². The van der Waals surface area contributed by atoms with Gasteiger partial charge in [-0.3, -0.25) is 0 Å². The van der Waals surface area contributed by atoms with Crippen LogP contribution in [0.15, 0.2) is 0 Å². The largest absolute Gasteiger partial charge is 0.394 e. The van der Waals surface area contributed by atoms with Crippen molar-refractivity contribution in [3.63, 3.8) is 0 Å². The summed E-state index contributed by atoms with van der Waals surface area (Å²) in [5.41, 5.74) is 0. The van der Waals surface area contributed by atoms with Crippen molar-refractivity contribution in [3.05, 3.63) is 0 Å². The van der Waals surface area contributed by atoms with E-state index in [2.05, 4.69) is 0 Å². The Kier molecular flexibility index (Phi) is 4.87. The third-order valence-electron chi connectivity index (χ3n) is 2.20. The Bertz CT molecular complexity index is 188. The number of hydrogen-bond acceptors (Lipinski definition) is 7. The first-order valence-electron chi connectivity index (χ1n) is 4.64. The van der Waals surface area contributed by atoms with Gasteiger partial charge in [-0.05, 0) is 0 Å². The fourth-order valence-electron chi connectivity index (χ4n) is 1.33. The predicted molar refractivity (Wildman–Crippen MR) is 46.8 cm³/mol. The molecule has 0 radical (unpaired) electrons. The van der Waals surface area contributed by atoms with Gasteiger partial charge < -0.3 is 35.0 Å². The minimum Gasteiger partial charge on any atom is -0.394 e. The molecule has 15 heavy (non-hydrogen) atoms. The molecule has 5 atom stereocenters. The molecule has 1 heterocycles. The molecule has 3 unspecified atom stereocenters. The molecule has 90 valence electrons.